The Morgan fingerprint density at radius 1 is 1.10 bits per heavy atom. The number of methoxy groups -OCH3 is 1. The molecule has 31 heavy (non-hydrogen) atoms. The highest BCUT2D eigenvalue weighted by Gasteiger charge is 2.31. The molecule has 0 atom stereocenters. The topological polar surface area (TPSA) is 74.8 Å². The molecule has 1 aromatic heterocycles. The van der Waals surface area contributed by atoms with Crippen LogP contribution in [0.15, 0.2) is 83.6 Å². The zero-order valence-electron chi connectivity index (χ0n) is 16.9. The average molecular weight is 432 g/mol. The summed E-state index contributed by atoms with van der Waals surface area (Å²) in [7, 11) is 1.61. The summed E-state index contributed by atoms with van der Waals surface area (Å²) in [6.45, 7) is 0.391. The van der Waals surface area contributed by atoms with Crippen LogP contribution in [-0.4, -0.2) is 39.6 Å². The lowest BCUT2D eigenvalue weighted by Crippen LogP contribution is -2.30. The number of H-pyrrole nitrogens is 1. The van der Waals surface area contributed by atoms with Crippen LogP contribution in [0, 0.1) is 0 Å². The van der Waals surface area contributed by atoms with Crippen molar-refractivity contribution in [3.8, 4) is 5.75 Å². The van der Waals surface area contributed by atoms with Gasteiger partial charge < -0.3 is 9.72 Å². The second kappa shape index (κ2) is 9.49. The van der Waals surface area contributed by atoms with Crippen LogP contribution in [0.4, 0.5) is 0 Å². The van der Waals surface area contributed by atoms with Crippen LogP contribution in [0.1, 0.15) is 21.6 Å². The molecule has 0 radical (unpaired) electrons. The highest BCUT2D eigenvalue weighted by Crippen LogP contribution is 2.26. The molecule has 156 valence electrons. The van der Waals surface area contributed by atoms with E-state index in [4.69, 9.17) is 4.74 Å². The van der Waals surface area contributed by atoms with Gasteiger partial charge in [-0.05, 0) is 41.5 Å². The molecule has 0 aliphatic carbocycles. The third kappa shape index (κ3) is 4.95. The van der Waals surface area contributed by atoms with E-state index in [1.807, 2.05) is 54.6 Å². The molecule has 7 heteroatoms. The summed E-state index contributed by atoms with van der Waals surface area (Å²) in [5, 5.41) is 0.522. The van der Waals surface area contributed by atoms with Crippen LogP contribution in [0.5, 0.6) is 5.75 Å². The highest BCUT2D eigenvalue weighted by atomic mass is 32.2. The summed E-state index contributed by atoms with van der Waals surface area (Å²) < 4.78 is 5.18. The Labute approximate surface area is 184 Å². The number of amides is 1. The molecule has 6 nitrogen and oxygen atoms in total. The molecule has 0 bridgehead atoms. The van der Waals surface area contributed by atoms with E-state index in [0.717, 1.165) is 16.9 Å². The van der Waals surface area contributed by atoms with Gasteiger partial charge in [0, 0.05) is 6.20 Å². The van der Waals surface area contributed by atoms with E-state index in [1.165, 1.54) is 11.8 Å². The molecule has 0 unspecified atom stereocenters. The summed E-state index contributed by atoms with van der Waals surface area (Å²) in [5.74, 6) is 0.702. The maximum absolute atomic E-state index is 13.1. The molecule has 1 aliphatic heterocycles. The number of ketones is 1. The van der Waals surface area contributed by atoms with Crippen LogP contribution < -0.4 is 4.74 Å². The molecule has 2 heterocycles. The Kier molecular flexibility index (Phi) is 6.33. The Bertz CT molecular complexity index is 1120. The van der Waals surface area contributed by atoms with Gasteiger partial charge >= 0.3 is 0 Å². The quantitative estimate of drug-likeness (QED) is 0.445. The van der Waals surface area contributed by atoms with Crippen LogP contribution >= 0.6 is 11.8 Å². The Hall–Kier alpha value is -3.58. The summed E-state index contributed by atoms with van der Waals surface area (Å²) in [5.41, 5.74) is 2.73. The first kappa shape index (κ1) is 20.7. The Morgan fingerprint density at radius 2 is 1.87 bits per heavy atom. The van der Waals surface area contributed by atoms with Gasteiger partial charge in [-0.15, -0.1) is 0 Å². The van der Waals surface area contributed by atoms with Gasteiger partial charge in [0.25, 0.3) is 5.91 Å². The number of benzene rings is 2. The number of aliphatic imine (C=N–C) groups is 1. The SMILES string of the molecule is COc1ccc(/C=C2\N=C(SCC(=O)c3ccc[nH]3)N(Cc3ccccc3)C2=O)cc1. The first-order chi connectivity index (χ1) is 15.1. The monoisotopic (exact) mass is 431 g/mol. The lowest BCUT2D eigenvalue weighted by Gasteiger charge is -2.17. The first-order valence-corrected chi connectivity index (χ1v) is 10.7. The predicted octanol–water partition coefficient (Wildman–Crippen LogP) is 4.38. The minimum atomic E-state index is -0.186. The Balaban J connectivity index is 1.57. The number of rotatable bonds is 7. The number of aromatic nitrogens is 1. The standard InChI is InChI=1S/C24H21N3O3S/c1-30-19-11-9-17(10-12-19)14-21-23(29)27(15-18-6-3-2-4-7-18)24(26-21)31-16-22(28)20-8-5-13-25-20/h2-14,25H,15-16H2,1H3/b21-14-. The minimum Gasteiger partial charge on any atom is -0.497 e. The van der Waals surface area contributed by atoms with Crippen molar-refractivity contribution in [1.82, 2.24) is 9.88 Å². The average Bonchev–Trinajstić information content (AvgIpc) is 3.44. The summed E-state index contributed by atoms with van der Waals surface area (Å²) in [4.78, 5) is 34.6. The van der Waals surface area contributed by atoms with Crippen molar-refractivity contribution >= 4 is 34.7 Å². The van der Waals surface area contributed by atoms with Crippen LogP contribution in [-0.2, 0) is 11.3 Å². The summed E-state index contributed by atoms with van der Waals surface area (Å²) >= 11 is 1.27. The summed E-state index contributed by atoms with van der Waals surface area (Å²) in [6, 6.07) is 20.7. The third-order valence-electron chi connectivity index (χ3n) is 4.74. The van der Waals surface area contributed by atoms with Gasteiger partial charge in [0.2, 0.25) is 0 Å². The maximum atomic E-state index is 13.1. The van der Waals surface area contributed by atoms with E-state index >= 15 is 0 Å². The minimum absolute atomic E-state index is 0.0441. The van der Waals surface area contributed by atoms with Gasteiger partial charge in [-0.1, -0.05) is 54.2 Å². The number of nitrogens with one attached hydrogen (secondary N) is 1. The fraction of sp³-hybridized carbons (Fsp3) is 0.125. The largest absolute Gasteiger partial charge is 0.497 e. The first-order valence-electron chi connectivity index (χ1n) is 9.73. The van der Waals surface area contributed by atoms with Gasteiger partial charge in [0.05, 0.1) is 25.1 Å². The lowest BCUT2D eigenvalue weighted by molar-refractivity contribution is -0.122. The molecule has 0 fully saturated rings. The number of carbonyl (C=O) groups excluding carboxylic acids is 2. The van der Waals surface area contributed by atoms with Crippen molar-refractivity contribution < 1.29 is 14.3 Å². The number of hydrogen-bond acceptors (Lipinski definition) is 5. The Morgan fingerprint density at radius 3 is 2.55 bits per heavy atom. The van der Waals surface area contributed by atoms with Gasteiger partial charge in [0.1, 0.15) is 11.4 Å². The van der Waals surface area contributed by atoms with E-state index in [1.54, 1.807) is 36.4 Å². The second-order valence-corrected chi connectivity index (χ2v) is 7.81. The van der Waals surface area contributed by atoms with Crippen molar-refractivity contribution in [3.63, 3.8) is 0 Å². The number of ether oxygens (including phenoxy) is 1. The number of carbonyl (C=O) groups is 2. The predicted molar refractivity (Wildman–Crippen MR) is 123 cm³/mol. The third-order valence-corrected chi connectivity index (χ3v) is 5.72. The van der Waals surface area contributed by atoms with Gasteiger partial charge in [-0.2, -0.15) is 0 Å². The molecule has 0 saturated heterocycles. The molecule has 1 N–H and O–H groups in total. The molecule has 4 rings (SSSR count). The zero-order valence-corrected chi connectivity index (χ0v) is 17.8. The van der Waals surface area contributed by atoms with Crippen LogP contribution in [0.3, 0.4) is 0 Å². The fourth-order valence-electron chi connectivity index (χ4n) is 3.12. The van der Waals surface area contributed by atoms with Crippen LogP contribution in [0.25, 0.3) is 6.08 Å². The van der Waals surface area contributed by atoms with Gasteiger partial charge in [0.15, 0.2) is 11.0 Å². The van der Waals surface area contributed by atoms with Crippen molar-refractivity contribution in [3.05, 3.63) is 95.4 Å². The number of amidine groups is 1. The van der Waals surface area contributed by atoms with E-state index in [9.17, 15) is 9.59 Å². The molecule has 1 aliphatic rings. The number of aromatic amines is 1. The summed E-state index contributed by atoms with van der Waals surface area (Å²) in [6.07, 6.45) is 3.46. The number of nitrogens with zero attached hydrogens (tertiary/aromatic N) is 2. The molecule has 1 amide bonds. The molecule has 2 aromatic carbocycles. The van der Waals surface area contributed by atoms with Crippen molar-refractivity contribution in [2.24, 2.45) is 4.99 Å². The maximum Gasteiger partial charge on any atom is 0.278 e. The van der Waals surface area contributed by atoms with Crippen molar-refractivity contribution in [2.45, 2.75) is 6.54 Å². The number of Topliss-reactive ketones (excluding diaryl/α,β-unsaturated/α-hetero) is 1. The normalized spacial score (nSPS) is 14.7. The van der Waals surface area contributed by atoms with E-state index in [0.29, 0.717) is 23.1 Å². The molecule has 0 saturated carbocycles. The zero-order chi connectivity index (χ0) is 21.6. The lowest BCUT2D eigenvalue weighted by atomic mass is 10.1. The molecule has 3 aromatic rings. The smallest absolute Gasteiger partial charge is 0.278 e. The van der Waals surface area contributed by atoms with Crippen molar-refractivity contribution in [1.29, 1.82) is 0 Å². The number of thioether (sulfide) groups is 1. The van der Waals surface area contributed by atoms with E-state index < -0.39 is 0 Å². The molecular weight excluding hydrogens is 410 g/mol. The van der Waals surface area contributed by atoms with E-state index in [-0.39, 0.29) is 17.4 Å². The second-order valence-electron chi connectivity index (χ2n) is 6.87. The highest BCUT2D eigenvalue weighted by molar-refractivity contribution is 8.14. The molecule has 0 spiro atoms. The number of hydrogen-bond donors (Lipinski definition) is 1. The van der Waals surface area contributed by atoms with E-state index in [2.05, 4.69) is 9.98 Å². The molecular formula is C24H21N3O3S. The van der Waals surface area contributed by atoms with Crippen LogP contribution in [0.2, 0.25) is 0 Å². The fourth-order valence-corrected chi connectivity index (χ4v) is 4.00. The van der Waals surface area contributed by atoms with Gasteiger partial charge in [-0.25, -0.2) is 4.99 Å². The van der Waals surface area contributed by atoms with Crippen molar-refractivity contribution in [2.75, 3.05) is 12.9 Å². The van der Waals surface area contributed by atoms with Gasteiger partial charge in [-0.3, -0.25) is 14.5 Å².